The summed E-state index contributed by atoms with van der Waals surface area (Å²) >= 11 is 0. The summed E-state index contributed by atoms with van der Waals surface area (Å²) in [5, 5.41) is 3.01. The molecular weight excluding hydrogens is 276 g/mol. The van der Waals surface area contributed by atoms with Crippen molar-refractivity contribution in [1.29, 1.82) is 0 Å². The Bertz CT molecular complexity index is 520. The zero-order valence-electron chi connectivity index (χ0n) is 13.8. The van der Waals surface area contributed by atoms with Crippen LogP contribution < -0.4 is 10.2 Å². The highest BCUT2D eigenvalue weighted by Gasteiger charge is 2.31. The fraction of sp³-hybridized carbons (Fsp3) is 0.556. The highest BCUT2D eigenvalue weighted by Crippen LogP contribution is 2.25. The Morgan fingerprint density at radius 1 is 1.27 bits per heavy atom. The molecule has 1 unspecified atom stereocenters. The van der Waals surface area contributed by atoms with Gasteiger partial charge in [0, 0.05) is 37.0 Å². The molecule has 1 saturated heterocycles. The van der Waals surface area contributed by atoms with E-state index < -0.39 is 0 Å². The number of rotatable bonds is 6. The van der Waals surface area contributed by atoms with Crippen molar-refractivity contribution < 1.29 is 9.59 Å². The van der Waals surface area contributed by atoms with Crippen LogP contribution in [0.3, 0.4) is 0 Å². The Morgan fingerprint density at radius 2 is 1.91 bits per heavy atom. The van der Waals surface area contributed by atoms with Gasteiger partial charge in [0.05, 0.1) is 0 Å². The minimum Gasteiger partial charge on any atom is -0.356 e. The first-order valence-electron chi connectivity index (χ1n) is 8.19. The highest BCUT2D eigenvalue weighted by atomic mass is 16.2. The molecule has 0 aliphatic carbocycles. The van der Waals surface area contributed by atoms with Crippen LogP contribution in [-0.2, 0) is 9.59 Å². The Morgan fingerprint density at radius 3 is 2.50 bits per heavy atom. The maximum Gasteiger partial charge on any atom is 0.227 e. The second-order valence-corrected chi connectivity index (χ2v) is 6.17. The molecule has 4 heteroatoms. The van der Waals surface area contributed by atoms with Crippen LogP contribution >= 0.6 is 0 Å². The van der Waals surface area contributed by atoms with E-state index in [1.807, 2.05) is 49.9 Å². The molecule has 2 amide bonds. The molecular formula is C18H26N2O2. The molecule has 0 spiro atoms. The average molecular weight is 302 g/mol. The molecule has 1 fully saturated rings. The molecule has 1 aliphatic heterocycles. The Hall–Kier alpha value is -1.84. The maximum absolute atomic E-state index is 12.2. The molecule has 1 aromatic rings. The van der Waals surface area contributed by atoms with Crippen LogP contribution in [0.2, 0.25) is 0 Å². The second-order valence-electron chi connectivity index (χ2n) is 6.17. The lowest BCUT2D eigenvalue weighted by Crippen LogP contribution is -2.35. The van der Waals surface area contributed by atoms with Gasteiger partial charge in [-0.25, -0.2) is 0 Å². The minimum absolute atomic E-state index is 0.0882. The van der Waals surface area contributed by atoms with Crippen molar-refractivity contribution in [3.63, 3.8) is 0 Å². The predicted molar refractivity (Wildman–Crippen MR) is 88.7 cm³/mol. The third-order valence-corrected chi connectivity index (χ3v) is 4.47. The number of hydrogen-bond acceptors (Lipinski definition) is 2. The first kappa shape index (κ1) is 16.5. The third-order valence-electron chi connectivity index (χ3n) is 4.47. The molecule has 2 rings (SSSR count). The monoisotopic (exact) mass is 302 g/mol. The van der Waals surface area contributed by atoms with Crippen LogP contribution in [0.25, 0.3) is 0 Å². The van der Waals surface area contributed by atoms with Gasteiger partial charge in [-0.3, -0.25) is 9.59 Å². The summed E-state index contributed by atoms with van der Waals surface area (Å²) in [4.78, 5) is 26.0. The topological polar surface area (TPSA) is 49.4 Å². The van der Waals surface area contributed by atoms with Crippen LogP contribution in [0.1, 0.15) is 38.7 Å². The van der Waals surface area contributed by atoms with Crippen LogP contribution in [-0.4, -0.2) is 24.9 Å². The molecule has 120 valence electrons. The lowest BCUT2D eigenvalue weighted by molar-refractivity contribution is -0.125. The summed E-state index contributed by atoms with van der Waals surface area (Å²) in [6, 6.07) is 8.01. The van der Waals surface area contributed by atoms with E-state index in [2.05, 4.69) is 5.32 Å². The largest absolute Gasteiger partial charge is 0.356 e. The van der Waals surface area contributed by atoms with Crippen molar-refractivity contribution in [1.82, 2.24) is 5.32 Å². The lowest BCUT2D eigenvalue weighted by Gasteiger charge is -2.18. The van der Waals surface area contributed by atoms with Crippen molar-refractivity contribution >= 4 is 17.5 Å². The number of carbonyl (C=O) groups is 2. The van der Waals surface area contributed by atoms with Crippen molar-refractivity contribution in [2.75, 3.05) is 18.0 Å². The number of nitrogens with zero attached hydrogens (tertiary/aromatic N) is 1. The number of carbonyl (C=O) groups excluding carboxylic acids is 2. The van der Waals surface area contributed by atoms with E-state index in [1.165, 1.54) is 5.56 Å². The van der Waals surface area contributed by atoms with Crippen molar-refractivity contribution in [2.24, 2.45) is 11.8 Å². The summed E-state index contributed by atoms with van der Waals surface area (Å²) in [5.74, 6) is 0.550. The summed E-state index contributed by atoms with van der Waals surface area (Å²) in [6.07, 6.45) is 2.24. The summed E-state index contributed by atoms with van der Waals surface area (Å²) in [6.45, 7) is 7.37. The standard InChI is InChI=1S/C18H26N2O2/c1-4-15(5-2)18(22)19-11-14-10-17(21)20(12-14)16-8-6-13(3)7-9-16/h6-9,14-15H,4-5,10-12H2,1-3H3,(H,19,22). The van der Waals surface area contributed by atoms with Crippen LogP contribution in [0, 0.1) is 18.8 Å². The van der Waals surface area contributed by atoms with Crippen molar-refractivity contribution in [3.8, 4) is 0 Å². The molecule has 0 saturated carbocycles. The summed E-state index contributed by atoms with van der Waals surface area (Å²) < 4.78 is 0. The quantitative estimate of drug-likeness (QED) is 0.878. The minimum atomic E-state index is 0.0882. The maximum atomic E-state index is 12.2. The Balaban J connectivity index is 1.90. The first-order chi connectivity index (χ1) is 10.5. The Kier molecular flexibility index (Phi) is 5.58. The van der Waals surface area contributed by atoms with E-state index in [-0.39, 0.29) is 23.7 Å². The van der Waals surface area contributed by atoms with E-state index in [1.54, 1.807) is 0 Å². The first-order valence-corrected chi connectivity index (χ1v) is 8.19. The molecule has 0 radical (unpaired) electrons. The van der Waals surface area contributed by atoms with E-state index in [0.717, 1.165) is 18.5 Å². The van der Waals surface area contributed by atoms with E-state index in [0.29, 0.717) is 19.5 Å². The lowest BCUT2D eigenvalue weighted by atomic mass is 10.0. The van der Waals surface area contributed by atoms with Gasteiger partial charge in [-0.1, -0.05) is 31.5 Å². The molecule has 22 heavy (non-hydrogen) atoms. The number of hydrogen-bond donors (Lipinski definition) is 1. The van der Waals surface area contributed by atoms with Gasteiger partial charge in [0.1, 0.15) is 0 Å². The van der Waals surface area contributed by atoms with Crippen LogP contribution in [0.4, 0.5) is 5.69 Å². The van der Waals surface area contributed by atoms with Gasteiger partial charge in [-0.15, -0.1) is 0 Å². The van der Waals surface area contributed by atoms with E-state index in [4.69, 9.17) is 0 Å². The third kappa shape index (κ3) is 3.87. The normalized spacial score (nSPS) is 18.1. The number of benzene rings is 1. The van der Waals surface area contributed by atoms with E-state index in [9.17, 15) is 9.59 Å². The van der Waals surface area contributed by atoms with Crippen LogP contribution in [0.5, 0.6) is 0 Å². The molecule has 0 aromatic heterocycles. The highest BCUT2D eigenvalue weighted by molar-refractivity contribution is 5.95. The molecule has 4 nitrogen and oxygen atoms in total. The fourth-order valence-corrected chi connectivity index (χ4v) is 2.94. The molecule has 1 heterocycles. The average Bonchev–Trinajstić information content (AvgIpc) is 2.88. The van der Waals surface area contributed by atoms with Crippen molar-refractivity contribution in [2.45, 2.75) is 40.0 Å². The molecule has 1 aromatic carbocycles. The summed E-state index contributed by atoms with van der Waals surface area (Å²) in [5.41, 5.74) is 2.13. The van der Waals surface area contributed by atoms with Gasteiger partial charge in [-0.2, -0.15) is 0 Å². The fourth-order valence-electron chi connectivity index (χ4n) is 2.94. The number of anilines is 1. The number of amides is 2. The Labute approximate surface area is 132 Å². The van der Waals surface area contributed by atoms with Crippen molar-refractivity contribution in [3.05, 3.63) is 29.8 Å². The molecule has 1 aliphatic rings. The van der Waals surface area contributed by atoms with Gasteiger partial charge in [0.2, 0.25) is 11.8 Å². The van der Waals surface area contributed by atoms with Gasteiger partial charge in [0.25, 0.3) is 0 Å². The predicted octanol–water partition coefficient (Wildman–Crippen LogP) is 2.90. The van der Waals surface area contributed by atoms with E-state index >= 15 is 0 Å². The van der Waals surface area contributed by atoms with Gasteiger partial charge < -0.3 is 10.2 Å². The zero-order chi connectivity index (χ0) is 16.1. The number of aryl methyl sites for hydroxylation is 1. The van der Waals surface area contributed by atoms with Crippen LogP contribution in [0.15, 0.2) is 24.3 Å². The van der Waals surface area contributed by atoms with Gasteiger partial charge in [0.15, 0.2) is 0 Å². The molecule has 1 N–H and O–H groups in total. The van der Waals surface area contributed by atoms with Gasteiger partial charge >= 0.3 is 0 Å². The second kappa shape index (κ2) is 7.43. The molecule has 1 atom stereocenters. The SMILES string of the molecule is CCC(CC)C(=O)NCC1CC(=O)N(c2ccc(C)cc2)C1. The van der Waals surface area contributed by atoms with Gasteiger partial charge in [-0.05, 0) is 31.9 Å². The summed E-state index contributed by atoms with van der Waals surface area (Å²) in [7, 11) is 0. The smallest absolute Gasteiger partial charge is 0.227 e. The molecule has 0 bridgehead atoms. The zero-order valence-corrected chi connectivity index (χ0v) is 13.8. The number of nitrogens with one attached hydrogen (secondary N) is 1.